The zero-order chi connectivity index (χ0) is 9.10. The van der Waals surface area contributed by atoms with Crippen molar-refractivity contribution in [3.05, 3.63) is 0 Å². The van der Waals surface area contributed by atoms with Crippen LogP contribution in [0.1, 0.15) is 32.6 Å². The zero-order valence-corrected chi connectivity index (χ0v) is 8.68. The number of rotatable bonds is 1. The summed E-state index contributed by atoms with van der Waals surface area (Å²) >= 11 is 0. The molecule has 2 aliphatic heterocycles. The van der Waals surface area contributed by atoms with E-state index in [0.717, 1.165) is 17.9 Å². The maximum absolute atomic E-state index is 3.60. The van der Waals surface area contributed by atoms with Gasteiger partial charge in [-0.05, 0) is 64.1 Å². The van der Waals surface area contributed by atoms with Crippen LogP contribution >= 0.6 is 0 Å². The smallest absolute Gasteiger partial charge is 0.00701 e. The van der Waals surface area contributed by atoms with Crippen LogP contribution < -0.4 is 10.6 Å². The average Bonchev–Trinajstić information content (AvgIpc) is 2.20. The standard InChI is InChI=1S/C11H22N2/c1-9-11(5-3-7-13-9)10-4-2-6-12-8-10/h9-13H,2-8H2,1H3. The minimum atomic E-state index is 0.749. The molecule has 0 bridgehead atoms. The topological polar surface area (TPSA) is 24.1 Å². The number of nitrogens with one attached hydrogen (secondary N) is 2. The lowest BCUT2D eigenvalue weighted by atomic mass is 9.77. The minimum Gasteiger partial charge on any atom is -0.316 e. The molecule has 0 amide bonds. The van der Waals surface area contributed by atoms with Crippen molar-refractivity contribution in [3.63, 3.8) is 0 Å². The van der Waals surface area contributed by atoms with E-state index in [-0.39, 0.29) is 0 Å². The van der Waals surface area contributed by atoms with Crippen molar-refractivity contribution in [2.45, 2.75) is 38.6 Å². The molecular weight excluding hydrogens is 160 g/mol. The first-order valence-corrected chi connectivity index (χ1v) is 5.82. The van der Waals surface area contributed by atoms with Crippen molar-refractivity contribution in [1.82, 2.24) is 10.6 Å². The van der Waals surface area contributed by atoms with Gasteiger partial charge in [-0.3, -0.25) is 0 Å². The summed E-state index contributed by atoms with van der Waals surface area (Å²) in [6.07, 6.45) is 5.66. The summed E-state index contributed by atoms with van der Waals surface area (Å²) in [5.74, 6) is 1.87. The molecule has 0 saturated carbocycles. The van der Waals surface area contributed by atoms with E-state index in [2.05, 4.69) is 17.6 Å². The molecule has 0 aromatic heterocycles. The third-order valence-electron chi connectivity index (χ3n) is 3.76. The molecule has 2 nitrogen and oxygen atoms in total. The Morgan fingerprint density at radius 1 is 1.08 bits per heavy atom. The lowest BCUT2D eigenvalue weighted by molar-refractivity contribution is 0.176. The molecular formula is C11H22N2. The predicted molar refractivity (Wildman–Crippen MR) is 55.8 cm³/mol. The summed E-state index contributed by atoms with van der Waals surface area (Å²) in [5.41, 5.74) is 0. The molecule has 3 atom stereocenters. The van der Waals surface area contributed by atoms with E-state index in [4.69, 9.17) is 0 Å². The maximum atomic E-state index is 3.60. The van der Waals surface area contributed by atoms with Gasteiger partial charge in [0, 0.05) is 6.04 Å². The molecule has 2 rings (SSSR count). The molecule has 2 saturated heterocycles. The maximum Gasteiger partial charge on any atom is 0.00701 e. The highest BCUT2D eigenvalue weighted by molar-refractivity contribution is 4.85. The van der Waals surface area contributed by atoms with Gasteiger partial charge in [-0.25, -0.2) is 0 Å². The number of piperidine rings is 2. The molecule has 2 aliphatic rings. The van der Waals surface area contributed by atoms with Crippen molar-refractivity contribution in [2.24, 2.45) is 11.8 Å². The third-order valence-corrected chi connectivity index (χ3v) is 3.76. The van der Waals surface area contributed by atoms with Gasteiger partial charge in [0.25, 0.3) is 0 Å². The van der Waals surface area contributed by atoms with E-state index in [1.165, 1.54) is 45.3 Å². The molecule has 0 radical (unpaired) electrons. The van der Waals surface area contributed by atoms with E-state index in [1.807, 2.05) is 0 Å². The van der Waals surface area contributed by atoms with Crippen LogP contribution in [0.3, 0.4) is 0 Å². The highest BCUT2D eigenvalue weighted by Gasteiger charge is 2.29. The van der Waals surface area contributed by atoms with Crippen LogP contribution in [0.5, 0.6) is 0 Å². The summed E-state index contributed by atoms with van der Waals surface area (Å²) in [6.45, 7) is 6.10. The molecule has 3 unspecified atom stereocenters. The second-order valence-corrected chi connectivity index (χ2v) is 4.66. The third kappa shape index (κ3) is 2.23. The van der Waals surface area contributed by atoms with Crippen LogP contribution in [0.25, 0.3) is 0 Å². The van der Waals surface area contributed by atoms with E-state index in [1.54, 1.807) is 0 Å². The fourth-order valence-corrected chi connectivity index (χ4v) is 2.96. The van der Waals surface area contributed by atoms with Crippen LogP contribution in [0.2, 0.25) is 0 Å². The zero-order valence-electron chi connectivity index (χ0n) is 8.68. The van der Waals surface area contributed by atoms with Gasteiger partial charge in [-0.15, -0.1) is 0 Å². The Hall–Kier alpha value is -0.0800. The summed E-state index contributed by atoms with van der Waals surface area (Å²) in [4.78, 5) is 0. The second-order valence-electron chi connectivity index (χ2n) is 4.66. The Morgan fingerprint density at radius 3 is 2.62 bits per heavy atom. The highest BCUT2D eigenvalue weighted by atomic mass is 14.9. The molecule has 0 aliphatic carbocycles. The predicted octanol–water partition coefficient (Wildman–Crippen LogP) is 1.37. The Labute approximate surface area is 81.5 Å². The minimum absolute atomic E-state index is 0.749. The number of hydrogen-bond acceptors (Lipinski definition) is 2. The van der Waals surface area contributed by atoms with Crippen LogP contribution in [-0.4, -0.2) is 25.7 Å². The van der Waals surface area contributed by atoms with Crippen LogP contribution in [0.4, 0.5) is 0 Å². The van der Waals surface area contributed by atoms with Gasteiger partial charge in [-0.1, -0.05) is 0 Å². The average molecular weight is 182 g/mol. The van der Waals surface area contributed by atoms with Crippen LogP contribution in [0, 0.1) is 11.8 Å². The number of hydrogen-bond donors (Lipinski definition) is 2. The first-order chi connectivity index (χ1) is 6.38. The van der Waals surface area contributed by atoms with Gasteiger partial charge >= 0.3 is 0 Å². The molecule has 13 heavy (non-hydrogen) atoms. The first-order valence-electron chi connectivity index (χ1n) is 5.82. The summed E-state index contributed by atoms with van der Waals surface area (Å²) in [7, 11) is 0. The summed E-state index contributed by atoms with van der Waals surface area (Å²) in [6, 6.07) is 0.749. The normalized spacial score (nSPS) is 41.8. The quantitative estimate of drug-likeness (QED) is 0.640. The lowest BCUT2D eigenvalue weighted by Crippen LogP contribution is -2.46. The van der Waals surface area contributed by atoms with Crippen molar-refractivity contribution in [3.8, 4) is 0 Å². The van der Waals surface area contributed by atoms with E-state index in [9.17, 15) is 0 Å². The molecule has 2 heteroatoms. The van der Waals surface area contributed by atoms with Gasteiger partial charge in [0.1, 0.15) is 0 Å². The van der Waals surface area contributed by atoms with Crippen LogP contribution in [0.15, 0.2) is 0 Å². The van der Waals surface area contributed by atoms with E-state index in [0.29, 0.717) is 0 Å². The lowest BCUT2D eigenvalue weighted by Gasteiger charge is -2.38. The Bertz CT molecular complexity index is 152. The fraction of sp³-hybridized carbons (Fsp3) is 1.00. The van der Waals surface area contributed by atoms with Crippen molar-refractivity contribution in [1.29, 1.82) is 0 Å². The highest BCUT2D eigenvalue weighted by Crippen LogP contribution is 2.28. The van der Waals surface area contributed by atoms with Gasteiger partial charge in [0.15, 0.2) is 0 Å². The van der Waals surface area contributed by atoms with Gasteiger partial charge in [-0.2, -0.15) is 0 Å². The van der Waals surface area contributed by atoms with Crippen molar-refractivity contribution < 1.29 is 0 Å². The monoisotopic (exact) mass is 182 g/mol. The van der Waals surface area contributed by atoms with Crippen molar-refractivity contribution >= 4 is 0 Å². The molecule has 0 aromatic carbocycles. The van der Waals surface area contributed by atoms with Crippen LogP contribution in [-0.2, 0) is 0 Å². The van der Waals surface area contributed by atoms with Gasteiger partial charge in [0.05, 0.1) is 0 Å². The SMILES string of the molecule is CC1NCCCC1C1CCCNC1. The molecule has 0 spiro atoms. The van der Waals surface area contributed by atoms with E-state index < -0.39 is 0 Å². The molecule has 2 heterocycles. The second kappa shape index (κ2) is 4.43. The van der Waals surface area contributed by atoms with Crippen molar-refractivity contribution in [2.75, 3.05) is 19.6 Å². The fourth-order valence-electron chi connectivity index (χ4n) is 2.96. The molecule has 76 valence electrons. The molecule has 0 aromatic rings. The Kier molecular flexibility index (Phi) is 3.23. The van der Waals surface area contributed by atoms with Gasteiger partial charge in [0.2, 0.25) is 0 Å². The van der Waals surface area contributed by atoms with Gasteiger partial charge < -0.3 is 10.6 Å². The summed E-state index contributed by atoms with van der Waals surface area (Å²) < 4.78 is 0. The van der Waals surface area contributed by atoms with E-state index >= 15 is 0 Å². The Balaban J connectivity index is 1.88. The first kappa shape index (κ1) is 9.47. The largest absolute Gasteiger partial charge is 0.316 e. The summed E-state index contributed by atoms with van der Waals surface area (Å²) in [5, 5.41) is 7.13. The molecule has 2 fully saturated rings. The Morgan fingerprint density at radius 2 is 1.92 bits per heavy atom. The molecule has 2 N–H and O–H groups in total.